The Labute approximate surface area is 158 Å². The van der Waals surface area contributed by atoms with Gasteiger partial charge in [0.15, 0.2) is 5.16 Å². The molecule has 0 bridgehead atoms. The van der Waals surface area contributed by atoms with E-state index >= 15 is 0 Å². The van der Waals surface area contributed by atoms with Crippen LogP contribution in [-0.2, 0) is 9.53 Å². The molecule has 6 nitrogen and oxygen atoms in total. The van der Waals surface area contributed by atoms with Gasteiger partial charge in [-0.3, -0.25) is 14.2 Å². The van der Waals surface area contributed by atoms with Gasteiger partial charge in [0, 0.05) is 13.2 Å². The predicted octanol–water partition coefficient (Wildman–Crippen LogP) is 2.86. The molecule has 7 heteroatoms. The standard InChI is InChI=1S/C19H27N3O3S/c1-12(2)14(4)20-17(23)11-26-19-21-16-9-7-6-8-15(16)18(24)22(19)13(3)10-25-5/h6-9,12-14H,10-11H2,1-5H3,(H,20,23)/t13-,14+/m1/s1. The highest BCUT2D eigenvalue weighted by Crippen LogP contribution is 2.21. The normalized spacial score (nSPS) is 13.8. The Morgan fingerprint density at radius 2 is 1.96 bits per heavy atom. The minimum Gasteiger partial charge on any atom is -0.383 e. The summed E-state index contributed by atoms with van der Waals surface area (Å²) in [7, 11) is 1.60. The number of amides is 1. The molecule has 0 unspecified atom stereocenters. The van der Waals surface area contributed by atoms with Crippen molar-refractivity contribution >= 4 is 28.6 Å². The Hall–Kier alpha value is -1.86. The summed E-state index contributed by atoms with van der Waals surface area (Å²) in [5.74, 6) is 0.508. The molecule has 0 saturated carbocycles. The first-order chi connectivity index (χ1) is 12.3. The molecule has 1 amide bonds. The molecule has 0 aliphatic rings. The number of nitrogens with one attached hydrogen (secondary N) is 1. The van der Waals surface area contributed by atoms with Gasteiger partial charge in [0.25, 0.3) is 5.56 Å². The van der Waals surface area contributed by atoms with Gasteiger partial charge in [0.05, 0.1) is 29.3 Å². The molecule has 0 aliphatic carbocycles. The van der Waals surface area contributed by atoms with Crippen molar-refractivity contribution in [2.45, 2.75) is 44.9 Å². The number of carbonyl (C=O) groups is 1. The molecule has 1 aromatic carbocycles. The van der Waals surface area contributed by atoms with Crippen LogP contribution >= 0.6 is 11.8 Å². The van der Waals surface area contributed by atoms with E-state index in [9.17, 15) is 9.59 Å². The first kappa shape index (κ1) is 20.5. The zero-order valence-electron chi connectivity index (χ0n) is 16.0. The lowest BCUT2D eigenvalue weighted by Gasteiger charge is -2.20. The summed E-state index contributed by atoms with van der Waals surface area (Å²) in [6, 6.07) is 7.18. The zero-order chi connectivity index (χ0) is 19.3. The van der Waals surface area contributed by atoms with Crippen LogP contribution in [0.5, 0.6) is 0 Å². The van der Waals surface area contributed by atoms with E-state index in [0.29, 0.717) is 28.6 Å². The van der Waals surface area contributed by atoms with Crippen LogP contribution in [0.25, 0.3) is 10.9 Å². The molecule has 0 spiro atoms. The summed E-state index contributed by atoms with van der Waals surface area (Å²) >= 11 is 1.28. The van der Waals surface area contributed by atoms with Crippen molar-refractivity contribution in [1.82, 2.24) is 14.9 Å². The molecule has 2 aromatic rings. The van der Waals surface area contributed by atoms with Crippen LogP contribution in [0.4, 0.5) is 0 Å². The minimum atomic E-state index is -0.176. The summed E-state index contributed by atoms with van der Waals surface area (Å²) < 4.78 is 6.83. The average Bonchev–Trinajstić information content (AvgIpc) is 2.60. The number of benzene rings is 1. The number of rotatable bonds is 8. The Balaban J connectivity index is 2.31. The van der Waals surface area contributed by atoms with Crippen LogP contribution in [0.15, 0.2) is 34.2 Å². The third-order valence-electron chi connectivity index (χ3n) is 4.35. The largest absolute Gasteiger partial charge is 0.383 e. The topological polar surface area (TPSA) is 73.2 Å². The van der Waals surface area contributed by atoms with E-state index in [0.717, 1.165) is 0 Å². The summed E-state index contributed by atoms with van der Waals surface area (Å²) in [4.78, 5) is 29.8. The molecule has 26 heavy (non-hydrogen) atoms. The highest BCUT2D eigenvalue weighted by atomic mass is 32.2. The number of nitrogens with zero attached hydrogens (tertiary/aromatic N) is 2. The first-order valence-electron chi connectivity index (χ1n) is 8.77. The number of para-hydroxylation sites is 1. The van der Waals surface area contributed by atoms with E-state index in [4.69, 9.17) is 4.74 Å². The Morgan fingerprint density at radius 1 is 1.27 bits per heavy atom. The molecule has 0 fully saturated rings. The molecule has 2 rings (SSSR count). The molecule has 0 radical (unpaired) electrons. The number of thioether (sulfide) groups is 1. The van der Waals surface area contributed by atoms with Gasteiger partial charge in [-0.2, -0.15) is 0 Å². The van der Waals surface area contributed by atoms with E-state index in [1.165, 1.54) is 11.8 Å². The SMILES string of the molecule is COC[C@@H](C)n1c(SCC(=O)N[C@@H](C)C(C)C)nc2ccccc2c1=O. The van der Waals surface area contributed by atoms with E-state index < -0.39 is 0 Å². The number of aromatic nitrogens is 2. The van der Waals surface area contributed by atoms with Crippen molar-refractivity contribution in [3.05, 3.63) is 34.6 Å². The van der Waals surface area contributed by atoms with Crippen molar-refractivity contribution in [3.63, 3.8) is 0 Å². The second kappa shape index (κ2) is 9.19. The molecule has 0 aliphatic heterocycles. The lowest BCUT2D eigenvalue weighted by molar-refractivity contribution is -0.119. The zero-order valence-corrected chi connectivity index (χ0v) is 16.8. The molecule has 142 valence electrons. The summed E-state index contributed by atoms with van der Waals surface area (Å²) in [5.41, 5.74) is 0.524. The van der Waals surface area contributed by atoms with Crippen molar-refractivity contribution in [2.75, 3.05) is 19.5 Å². The summed E-state index contributed by atoms with van der Waals surface area (Å²) in [5, 5.41) is 4.08. The lowest BCUT2D eigenvalue weighted by atomic mass is 10.1. The van der Waals surface area contributed by atoms with Crippen molar-refractivity contribution < 1.29 is 9.53 Å². The number of hydrogen-bond donors (Lipinski definition) is 1. The van der Waals surface area contributed by atoms with Gasteiger partial charge in [0.1, 0.15) is 0 Å². The maximum atomic E-state index is 12.9. The van der Waals surface area contributed by atoms with Gasteiger partial charge in [-0.05, 0) is 31.9 Å². The molecule has 2 atom stereocenters. The van der Waals surface area contributed by atoms with E-state index in [-0.39, 0.29) is 29.3 Å². The van der Waals surface area contributed by atoms with Crippen molar-refractivity contribution in [3.8, 4) is 0 Å². The third kappa shape index (κ3) is 4.86. The van der Waals surface area contributed by atoms with Gasteiger partial charge < -0.3 is 10.1 Å². The lowest BCUT2D eigenvalue weighted by Crippen LogP contribution is -2.37. The maximum Gasteiger partial charge on any atom is 0.262 e. The van der Waals surface area contributed by atoms with Crippen LogP contribution in [0.2, 0.25) is 0 Å². The van der Waals surface area contributed by atoms with Crippen LogP contribution in [0, 0.1) is 5.92 Å². The predicted molar refractivity (Wildman–Crippen MR) is 106 cm³/mol. The first-order valence-corrected chi connectivity index (χ1v) is 9.76. The highest BCUT2D eigenvalue weighted by Gasteiger charge is 2.18. The van der Waals surface area contributed by atoms with Gasteiger partial charge >= 0.3 is 0 Å². The number of hydrogen-bond acceptors (Lipinski definition) is 5. The van der Waals surface area contributed by atoms with E-state index in [2.05, 4.69) is 24.1 Å². The number of methoxy groups -OCH3 is 1. The molecule has 1 aromatic heterocycles. The number of ether oxygens (including phenoxy) is 1. The molecular weight excluding hydrogens is 350 g/mol. The summed E-state index contributed by atoms with van der Waals surface area (Å²) in [6.45, 7) is 8.41. The van der Waals surface area contributed by atoms with Crippen LogP contribution < -0.4 is 10.9 Å². The van der Waals surface area contributed by atoms with Crippen molar-refractivity contribution in [1.29, 1.82) is 0 Å². The minimum absolute atomic E-state index is 0.0652. The molecular formula is C19H27N3O3S. The number of carbonyl (C=O) groups excluding carboxylic acids is 1. The van der Waals surface area contributed by atoms with Crippen LogP contribution in [0.3, 0.4) is 0 Å². The van der Waals surface area contributed by atoms with Gasteiger partial charge in [-0.15, -0.1) is 0 Å². The van der Waals surface area contributed by atoms with Gasteiger partial charge in [-0.1, -0.05) is 37.7 Å². The average molecular weight is 378 g/mol. The third-order valence-corrected chi connectivity index (χ3v) is 5.30. The van der Waals surface area contributed by atoms with E-state index in [1.54, 1.807) is 17.7 Å². The summed E-state index contributed by atoms with van der Waals surface area (Å²) in [6.07, 6.45) is 0. The quantitative estimate of drug-likeness (QED) is 0.566. The Bertz CT molecular complexity index is 819. The highest BCUT2D eigenvalue weighted by molar-refractivity contribution is 7.99. The van der Waals surface area contributed by atoms with Crippen LogP contribution in [0.1, 0.15) is 33.7 Å². The van der Waals surface area contributed by atoms with E-state index in [1.807, 2.05) is 32.0 Å². The van der Waals surface area contributed by atoms with Gasteiger partial charge in [0.2, 0.25) is 5.91 Å². The second-order valence-electron chi connectivity index (χ2n) is 6.78. The maximum absolute atomic E-state index is 12.9. The molecule has 0 saturated heterocycles. The van der Waals surface area contributed by atoms with Gasteiger partial charge in [-0.25, -0.2) is 4.98 Å². The molecule has 1 heterocycles. The van der Waals surface area contributed by atoms with Crippen LogP contribution in [-0.4, -0.2) is 41.0 Å². The fourth-order valence-electron chi connectivity index (χ4n) is 2.52. The Morgan fingerprint density at radius 3 is 2.62 bits per heavy atom. The number of fused-ring (bicyclic) bond motifs is 1. The second-order valence-corrected chi connectivity index (χ2v) is 7.72. The monoisotopic (exact) mass is 377 g/mol. The molecule has 1 N–H and O–H groups in total. The van der Waals surface area contributed by atoms with Crippen molar-refractivity contribution in [2.24, 2.45) is 5.92 Å². The Kier molecular flexibility index (Phi) is 7.23. The smallest absolute Gasteiger partial charge is 0.262 e. The fraction of sp³-hybridized carbons (Fsp3) is 0.526. The fourth-order valence-corrected chi connectivity index (χ4v) is 3.43.